The molecule has 1 heterocycles. The maximum absolute atomic E-state index is 10.4. The van der Waals surface area contributed by atoms with Gasteiger partial charge < -0.3 is 5.11 Å². The van der Waals surface area contributed by atoms with Gasteiger partial charge in [-0.3, -0.25) is 4.98 Å². The van der Waals surface area contributed by atoms with Crippen LogP contribution in [0.1, 0.15) is 36.7 Å². The molecule has 0 bridgehead atoms. The van der Waals surface area contributed by atoms with Crippen LogP contribution in [-0.4, -0.2) is 16.1 Å². The number of hydrogen-bond acceptors (Lipinski definition) is 2. The molecule has 0 aliphatic heterocycles. The summed E-state index contributed by atoms with van der Waals surface area (Å²) in [4.78, 5) is 14.8. The maximum atomic E-state index is 10.4. The zero-order chi connectivity index (χ0) is 11.4. The standard InChI is InChI=1S/C12H15NO2/c1-8(2)11-6-4-10(9(3)13-11)5-7-12(14)15/h4-8H,1-3H3,(H,14,15)/b7-5+. The number of rotatable bonds is 3. The van der Waals surface area contributed by atoms with Gasteiger partial charge in [0.2, 0.25) is 0 Å². The lowest BCUT2D eigenvalue weighted by Gasteiger charge is -2.06. The predicted octanol–water partition coefficient (Wildman–Crippen LogP) is 2.61. The topological polar surface area (TPSA) is 50.2 Å². The minimum absolute atomic E-state index is 0.390. The highest BCUT2D eigenvalue weighted by molar-refractivity contribution is 5.85. The summed E-state index contributed by atoms with van der Waals surface area (Å²) < 4.78 is 0. The van der Waals surface area contributed by atoms with Gasteiger partial charge in [-0.2, -0.15) is 0 Å². The van der Waals surface area contributed by atoms with Crippen LogP contribution in [0.3, 0.4) is 0 Å². The van der Waals surface area contributed by atoms with Crippen molar-refractivity contribution in [3.63, 3.8) is 0 Å². The second-order valence-corrected chi connectivity index (χ2v) is 3.74. The second kappa shape index (κ2) is 4.73. The summed E-state index contributed by atoms with van der Waals surface area (Å²) in [6, 6.07) is 3.83. The highest BCUT2D eigenvalue weighted by Gasteiger charge is 2.03. The summed E-state index contributed by atoms with van der Waals surface area (Å²) in [6.07, 6.45) is 2.69. The molecule has 1 N–H and O–H groups in total. The molecule has 0 aromatic carbocycles. The summed E-state index contributed by atoms with van der Waals surface area (Å²) in [5.41, 5.74) is 2.74. The van der Waals surface area contributed by atoms with E-state index in [1.807, 2.05) is 19.1 Å². The van der Waals surface area contributed by atoms with Gasteiger partial charge in [-0.1, -0.05) is 19.9 Å². The molecule has 0 spiro atoms. The molecule has 1 aromatic rings. The SMILES string of the molecule is Cc1nc(C(C)C)ccc1/C=C/C(=O)O. The van der Waals surface area contributed by atoms with E-state index in [0.717, 1.165) is 23.0 Å². The van der Waals surface area contributed by atoms with Crippen molar-refractivity contribution in [3.05, 3.63) is 35.2 Å². The molecule has 3 nitrogen and oxygen atoms in total. The number of nitrogens with zero attached hydrogens (tertiary/aromatic N) is 1. The van der Waals surface area contributed by atoms with Gasteiger partial charge in [0.15, 0.2) is 0 Å². The Morgan fingerprint density at radius 3 is 2.60 bits per heavy atom. The van der Waals surface area contributed by atoms with Gasteiger partial charge in [-0.05, 0) is 30.5 Å². The van der Waals surface area contributed by atoms with E-state index < -0.39 is 5.97 Å². The lowest BCUT2D eigenvalue weighted by molar-refractivity contribution is -0.131. The quantitative estimate of drug-likeness (QED) is 0.772. The van der Waals surface area contributed by atoms with Crippen molar-refractivity contribution in [2.24, 2.45) is 0 Å². The van der Waals surface area contributed by atoms with Gasteiger partial charge in [-0.25, -0.2) is 4.79 Å². The fourth-order valence-electron chi connectivity index (χ4n) is 1.25. The number of aryl methyl sites for hydroxylation is 1. The Kier molecular flexibility index (Phi) is 3.61. The number of pyridine rings is 1. The molecule has 1 aromatic heterocycles. The molecule has 0 radical (unpaired) electrons. The fourth-order valence-corrected chi connectivity index (χ4v) is 1.25. The molecule has 3 heteroatoms. The zero-order valence-electron chi connectivity index (χ0n) is 9.19. The molecule has 0 aliphatic rings. The summed E-state index contributed by atoms with van der Waals surface area (Å²) >= 11 is 0. The van der Waals surface area contributed by atoms with Crippen LogP contribution in [0, 0.1) is 6.92 Å². The van der Waals surface area contributed by atoms with Crippen LogP contribution < -0.4 is 0 Å². The molecule has 1 rings (SSSR count). The Morgan fingerprint density at radius 1 is 1.47 bits per heavy atom. The van der Waals surface area contributed by atoms with E-state index in [2.05, 4.69) is 18.8 Å². The smallest absolute Gasteiger partial charge is 0.328 e. The molecule has 0 atom stereocenters. The Bertz CT molecular complexity index is 395. The van der Waals surface area contributed by atoms with Crippen LogP contribution in [0.5, 0.6) is 0 Å². The first-order chi connectivity index (χ1) is 7.00. The van der Waals surface area contributed by atoms with Crippen LogP contribution >= 0.6 is 0 Å². The molecule has 0 unspecified atom stereocenters. The van der Waals surface area contributed by atoms with E-state index in [1.165, 1.54) is 0 Å². The largest absolute Gasteiger partial charge is 0.478 e. The highest BCUT2D eigenvalue weighted by Crippen LogP contribution is 2.15. The van der Waals surface area contributed by atoms with Crippen LogP contribution in [0.4, 0.5) is 0 Å². The van der Waals surface area contributed by atoms with Gasteiger partial charge in [0, 0.05) is 17.5 Å². The fraction of sp³-hybridized carbons (Fsp3) is 0.333. The van der Waals surface area contributed by atoms with E-state index in [0.29, 0.717) is 5.92 Å². The number of aliphatic carboxylic acids is 1. The van der Waals surface area contributed by atoms with Crippen molar-refractivity contribution in [1.82, 2.24) is 4.98 Å². The lowest BCUT2D eigenvalue weighted by atomic mass is 10.1. The summed E-state index contributed by atoms with van der Waals surface area (Å²) in [5, 5.41) is 8.50. The number of hydrogen-bond donors (Lipinski definition) is 1. The second-order valence-electron chi connectivity index (χ2n) is 3.74. The number of carbonyl (C=O) groups is 1. The average molecular weight is 205 g/mol. The Hall–Kier alpha value is -1.64. The third-order valence-electron chi connectivity index (χ3n) is 2.15. The molecule has 15 heavy (non-hydrogen) atoms. The van der Waals surface area contributed by atoms with Gasteiger partial charge in [0.25, 0.3) is 0 Å². The van der Waals surface area contributed by atoms with E-state index in [9.17, 15) is 4.79 Å². The first kappa shape index (κ1) is 11.4. The monoisotopic (exact) mass is 205 g/mol. The molecular formula is C12H15NO2. The summed E-state index contributed by atoms with van der Waals surface area (Å²) in [7, 11) is 0. The van der Waals surface area contributed by atoms with Gasteiger partial charge in [0.05, 0.1) is 0 Å². The molecular weight excluding hydrogens is 190 g/mol. The molecule has 0 fully saturated rings. The van der Waals surface area contributed by atoms with Crippen molar-refractivity contribution in [3.8, 4) is 0 Å². The van der Waals surface area contributed by atoms with Crippen LogP contribution in [0.25, 0.3) is 6.08 Å². The number of carboxylic acids is 1. The van der Waals surface area contributed by atoms with Crippen molar-refractivity contribution in [2.75, 3.05) is 0 Å². The van der Waals surface area contributed by atoms with Crippen LogP contribution in [0.15, 0.2) is 18.2 Å². The first-order valence-corrected chi connectivity index (χ1v) is 4.89. The summed E-state index contributed by atoms with van der Waals surface area (Å²) in [5.74, 6) is -0.552. The van der Waals surface area contributed by atoms with Crippen LogP contribution in [0.2, 0.25) is 0 Å². The van der Waals surface area contributed by atoms with Crippen molar-refractivity contribution >= 4 is 12.0 Å². The minimum Gasteiger partial charge on any atom is -0.478 e. The average Bonchev–Trinajstić information content (AvgIpc) is 2.15. The number of aromatic nitrogens is 1. The van der Waals surface area contributed by atoms with E-state index in [-0.39, 0.29) is 0 Å². The third kappa shape index (κ3) is 3.20. The third-order valence-corrected chi connectivity index (χ3v) is 2.15. The summed E-state index contributed by atoms with van der Waals surface area (Å²) in [6.45, 7) is 6.04. The van der Waals surface area contributed by atoms with Crippen molar-refractivity contribution in [1.29, 1.82) is 0 Å². The molecule has 80 valence electrons. The first-order valence-electron chi connectivity index (χ1n) is 4.89. The molecule has 0 amide bonds. The van der Waals surface area contributed by atoms with E-state index >= 15 is 0 Å². The maximum Gasteiger partial charge on any atom is 0.328 e. The Balaban J connectivity index is 2.98. The van der Waals surface area contributed by atoms with E-state index in [4.69, 9.17) is 5.11 Å². The van der Waals surface area contributed by atoms with Crippen LogP contribution in [-0.2, 0) is 4.79 Å². The highest BCUT2D eigenvalue weighted by atomic mass is 16.4. The van der Waals surface area contributed by atoms with Crippen molar-refractivity contribution in [2.45, 2.75) is 26.7 Å². The lowest BCUT2D eigenvalue weighted by Crippen LogP contribution is -1.96. The van der Waals surface area contributed by atoms with E-state index in [1.54, 1.807) is 6.08 Å². The molecule has 0 saturated heterocycles. The molecule has 0 aliphatic carbocycles. The molecule has 0 saturated carbocycles. The van der Waals surface area contributed by atoms with Gasteiger partial charge in [0.1, 0.15) is 0 Å². The number of carboxylic acid groups (broad SMARTS) is 1. The van der Waals surface area contributed by atoms with Crippen molar-refractivity contribution < 1.29 is 9.90 Å². The van der Waals surface area contributed by atoms with Gasteiger partial charge >= 0.3 is 5.97 Å². The Labute approximate surface area is 89.5 Å². The van der Waals surface area contributed by atoms with Gasteiger partial charge in [-0.15, -0.1) is 0 Å². The predicted molar refractivity (Wildman–Crippen MR) is 59.7 cm³/mol. The normalized spacial score (nSPS) is 11.2. The Morgan fingerprint density at radius 2 is 2.13 bits per heavy atom. The zero-order valence-corrected chi connectivity index (χ0v) is 9.19. The minimum atomic E-state index is -0.942.